The van der Waals surface area contributed by atoms with E-state index in [1.807, 2.05) is 0 Å². The van der Waals surface area contributed by atoms with Crippen molar-refractivity contribution in [3.8, 4) is 5.75 Å². The zero-order chi connectivity index (χ0) is 18.0. The number of carbonyl (C=O) groups is 1. The molecule has 1 aromatic carbocycles. The fraction of sp³-hybridized carbons (Fsp3) is 0.368. The number of aromatic hydroxyl groups is 1. The van der Waals surface area contributed by atoms with Crippen LogP contribution in [0.1, 0.15) is 17.7 Å². The summed E-state index contributed by atoms with van der Waals surface area (Å²) in [6, 6.07) is 9.04. The third-order valence-corrected chi connectivity index (χ3v) is 4.69. The average molecular weight is 344 g/mol. The number of pyridine rings is 1. The van der Waals surface area contributed by atoms with E-state index in [-0.39, 0.29) is 29.6 Å². The molecule has 132 valence electrons. The molecule has 1 unspecified atom stereocenters. The molecule has 1 N–H and O–H groups in total. The highest BCUT2D eigenvalue weighted by atomic mass is 19.1. The predicted molar refractivity (Wildman–Crippen MR) is 91.9 cm³/mol. The first-order chi connectivity index (χ1) is 11.9. The summed E-state index contributed by atoms with van der Waals surface area (Å²) >= 11 is 0. The highest BCUT2D eigenvalue weighted by Gasteiger charge is 2.26. The minimum absolute atomic E-state index is 0.0196. The number of halogens is 1. The number of benzene rings is 1. The number of hydrogen-bond donors (Lipinski definition) is 1. The van der Waals surface area contributed by atoms with E-state index >= 15 is 0 Å². The Kier molecular flexibility index (Phi) is 4.88. The molecule has 2 heterocycles. The van der Waals surface area contributed by atoms with Gasteiger partial charge in [0, 0.05) is 24.8 Å². The van der Waals surface area contributed by atoms with Crippen LogP contribution in [0.5, 0.6) is 5.75 Å². The number of aryl methyl sites for hydroxylation is 1. The third-order valence-electron chi connectivity index (χ3n) is 4.69. The Labute approximate surface area is 145 Å². The van der Waals surface area contributed by atoms with Crippen molar-refractivity contribution in [2.75, 3.05) is 13.1 Å². The van der Waals surface area contributed by atoms with Gasteiger partial charge in [-0.05, 0) is 49.4 Å². The molecule has 1 saturated heterocycles. The fourth-order valence-corrected chi connectivity index (χ4v) is 3.33. The fourth-order valence-electron chi connectivity index (χ4n) is 3.33. The smallest absolute Gasteiger partial charge is 0.254 e. The lowest BCUT2D eigenvalue weighted by atomic mass is 9.99. The molecule has 1 aromatic heterocycles. The van der Waals surface area contributed by atoms with Gasteiger partial charge in [-0.2, -0.15) is 0 Å². The first kappa shape index (κ1) is 17.2. The van der Waals surface area contributed by atoms with Crippen molar-refractivity contribution in [3.63, 3.8) is 0 Å². The zero-order valence-corrected chi connectivity index (χ0v) is 14.1. The standard InChI is InChI=1S/C19H21FN2O3/c1-13-8-17(23)10-18(24)22(13)12-19(25)21-7-6-15(11-21)9-14-2-4-16(20)5-3-14/h2-5,8,10,15,23H,6-7,9,11-12H2,1H3. The number of aromatic nitrogens is 1. The summed E-state index contributed by atoms with van der Waals surface area (Å²) in [7, 11) is 0. The number of hydrogen-bond acceptors (Lipinski definition) is 3. The predicted octanol–water partition coefficient (Wildman–Crippen LogP) is 2.09. The van der Waals surface area contributed by atoms with Crippen LogP contribution < -0.4 is 5.56 Å². The normalized spacial score (nSPS) is 17.0. The molecular weight excluding hydrogens is 323 g/mol. The van der Waals surface area contributed by atoms with Crippen molar-refractivity contribution < 1.29 is 14.3 Å². The first-order valence-electron chi connectivity index (χ1n) is 8.35. The second kappa shape index (κ2) is 7.09. The SMILES string of the molecule is Cc1cc(O)cc(=O)n1CC(=O)N1CCC(Cc2ccc(F)cc2)C1. The van der Waals surface area contributed by atoms with Crippen molar-refractivity contribution in [1.82, 2.24) is 9.47 Å². The maximum absolute atomic E-state index is 13.0. The van der Waals surface area contributed by atoms with Crippen LogP contribution in [0.3, 0.4) is 0 Å². The molecule has 0 aliphatic carbocycles. The van der Waals surface area contributed by atoms with Gasteiger partial charge in [0.05, 0.1) is 0 Å². The molecule has 0 spiro atoms. The van der Waals surface area contributed by atoms with Gasteiger partial charge in [0.25, 0.3) is 5.56 Å². The van der Waals surface area contributed by atoms with E-state index in [0.717, 1.165) is 24.5 Å². The van der Waals surface area contributed by atoms with E-state index < -0.39 is 0 Å². The molecule has 6 heteroatoms. The molecule has 0 bridgehead atoms. The Bertz CT molecular complexity index is 830. The van der Waals surface area contributed by atoms with E-state index in [9.17, 15) is 19.1 Å². The van der Waals surface area contributed by atoms with Gasteiger partial charge in [-0.1, -0.05) is 12.1 Å². The second-order valence-electron chi connectivity index (χ2n) is 6.60. The van der Waals surface area contributed by atoms with Crippen LogP contribution in [-0.2, 0) is 17.8 Å². The number of amides is 1. The third kappa shape index (κ3) is 4.07. The van der Waals surface area contributed by atoms with Gasteiger partial charge < -0.3 is 14.6 Å². The van der Waals surface area contributed by atoms with Crippen LogP contribution in [0, 0.1) is 18.7 Å². The second-order valence-corrected chi connectivity index (χ2v) is 6.60. The van der Waals surface area contributed by atoms with Gasteiger partial charge in [-0.15, -0.1) is 0 Å². The lowest BCUT2D eigenvalue weighted by Crippen LogP contribution is -2.35. The van der Waals surface area contributed by atoms with E-state index in [0.29, 0.717) is 24.7 Å². The van der Waals surface area contributed by atoms with Gasteiger partial charge in [0.2, 0.25) is 5.91 Å². The molecule has 1 aliphatic rings. The molecule has 0 radical (unpaired) electrons. The van der Waals surface area contributed by atoms with Crippen molar-refractivity contribution in [1.29, 1.82) is 0 Å². The van der Waals surface area contributed by atoms with Gasteiger partial charge in [0.15, 0.2) is 0 Å². The van der Waals surface area contributed by atoms with E-state index in [2.05, 4.69) is 0 Å². The highest BCUT2D eigenvalue weighted by Crippen LogP contribution is 2.21. The summed E-state index contributed by atoms with van der Waals surface area (Å²) in [6.45, 7) is 2.97. The maximum Gasteiger partial charge on any atom is 0.254 e. The van der Waals surface area contributed by atoms with Gasteiger partial charge in [-0.25, -0.2) is 4.39 Å². The van der Waals surface area contributed by atoms with Crippen LogP contribution in [0.15, 0.2) is 41.2 Å². The zero-order valence-electron chi connectivity index (χ0n) is 14.1. The summed E-state index contributed by atoms with van der Waals surface area (Å²) < 4.78 is 14.3. The van der Waals surface area contributed by atoms with Gasteiger partial charge in [0.1, 0.15) is 18.1 Å². The Morgan fingerprint density at radius 3 is 2.68 bits per heavy atom. The Hall–Kier alpha value is -2.63. The Balaban J connectivity index is 1.61. The van der Waals surface area contributed by atoms with Crippen LogP contribution in [0.4, 0.5) is 4.39 Å². The average Bonchev–Trinajstić information content (AvgIpc) is 3.01. The molecule has 1 fully saturated rings. The lowest BCUT2D eigenvalue weighted by molar-refractivity contribution is -0.131. The van der Waals surface area contributed by atoms with Crippen LogP contribution >= 0.6 is 0 Å². The largest absolute Gasteiger partial charge is 0.508 e. The quantitative estimate of drug-likeness (QED) is 0.924. The summed E-state index contributed by atoms with van der Waals surface area (Å²) in [4.78, 5) is 26.2. The van der Waals surface area contributed by atoms with Crippen molar-refractivity contribution >= 4 is 5.91 Å². The summed E-state index contributed by atoms with van der Waals surface area (Å²) in [6.07, 6.45) is 1.70. The van der Waals surface area contributed by atoms with Crippen LogP contribution in [-0.4, -0.2) is 33.6 Å². The molecule has 0 saturated carbocycles. The minimum atomic E-state index is -0.382. The molecule has 1 aliphatic heterocycles. The minimum Gasteiger partial charge on any atom is -0.508 e. The molecule has 25 heavy (non-hydrogen) atoms. The van der Waals surface area contributed by atoms with E-state index in [4.69, 9.17) is 0 Å². The summed E-state index contributed by atoms with van der Waals surface area (Å²) in [5.74, 6) is -0.0991. The molecule has 1 atom stereocenters. The molecule has 3 rings (SSSR count). The summed E-state index contributed by atoms with van der Waals surface area (Å²) in [5.41, 5.74) is 1.24. The molecular formula is C19H21FN2O3. The number of carbonyl (C=O) groups excluding carboxylic acids is 1. The first-order valence-corrected chi connectivity index (χ1v) is 8.35. The van der Waals surface area contributed by atoms with Crippen molar-refractivity contribution in [3.05, 3.63) is 63.8 Å². The number of nitrogens with zero attached hydrogens (tertiary/aromatic N) is 2. The molecule has 1 amide bonds. The highest BCUT2D eigenvalue weighted by molar-refractivity contribution is 5.76. The van der Waals surface area contributed by atoms with Crippen molar-refractivity contribution in [2.45, 2.75) is 26.3 Å². The van der Waals surface area contributed by atoms with E-state index in [1.54, 1.807) is 24.0 Å². The summed E-state index contributed by atoms with van der Waals surface area (Å²) in [5, 5.41) is 9.42. The number of likely N-dealkylation sites (tertiary alicyclic amines) is 1. The topological polar surface area (TPSA) is 62.5 Å². The van der Waals surface area contributed by atoms with Crippen LogP contribution in [0.25, 0.3) is 0 Å². The van der Waals surface area contributed by atoms with Gasteiger partial charge >= 0.3 is 0 Å². The molecule has 5 nitrogen and oxygen atoms in total. The van der Waals surface area contributed by atoms with E-state index in [1.165, 1.54) is 22.8 Å². The Morgan fingerprint density at radius 1 is 1.28 bits per heavy atom. The van der Waals surface area contributed by atoms with Gasteiger partial charge in [-0.3, -0.25) is 9.59 Å². The number of rotatable bonds is 4. The monoisotopic (exact) mass is 344 g/mol. The maximum atomic E-state index is 13.0. The molecule has 2 aromatic rings. The van der Waals surface area contributed by atoms with Crippen molar-refractivity contribution in [2.24, 2.45) is 5.92 Å². The van der Waals surface area contributed by atoms with Crippen LogP contribution in [0.2, 0.25) is 0 Å². The Morgan fingerprint density at radius 2 is 2.00 bits per heavy atom. The lowest BCUT2D eigenvalue weighted by Gasteiger charge is -2.18.